The van der Waals surface area contributed by atoms with Crippen LogP contribution >= 0.6 is 24.0 Å². The maximum absolute atomic E-state index is 5.12. The minimum absolute atomic E-state index is 0. The number of aryl methyl sites for hydroxylation is 1. The molecule has 0 aromatic carbocycles. The van der Waals surface area contributed by atoms with Crippen LogP contribution in [-0.4, -0.2) is 47.2 Å². The number of nitrogens with zero attached hydrogens (tertiary/aromatic N) is 4. The molecule has 1 aromatic rings. The summed E-state index contributed by atoms with van der Waals surface area (Å²) in [5, 5.41) is 7.18. The van der Waals surface area contributed by atoms with E-state index in [1.165, 1.54) is 12.8 Å². The molecule has 1 fully saturated rings. The maximum Gasteiger partial charge on any atom is 0.228 e. The first-order valence-corrected chi connectivity index (χ1v) is 7.89. The van der Waals surface area contributed by atoms with E-state index < -0.39 is 0 Å². The van der Waals surface area contributed by atoms with Crippen molar-refractivity contribution < 1.29 is 4.52 Å². The van der Waals surface area contributed by atoms with Crippen molar-refractivity contribution in [1.82, 2.24) is 20.4 Å². The number of hydrogen-bond donors (Lipinski definition) is 1. The lowest BCUT2D eigenvalue weighted by Crippen LogP contribution is -2.41. The van der Waals surface area contributed by atoms with Gasteiger partial charge in [0.15, 0.2) is 11.8 Å². The number of likely N-dealkylation sites (tertiary alicyclic amines) is 1. The number of guanidine groups is 1. The molecule has 1 atom stereocenters. The summed E-state index contributed by atoms with van der Waals surface area (Å²) in [6.45, 7) is 12.3. The van der Waals surface area contributed by atoms with E-state index >= 15 is 0 Å². The number of hydrogen-bond acceptors (Lipinski definition) is 4. The van der Waals surface area contributed by atoms with Gasteiger partial charge in [-0.15, -0.1) is 24.0 Å². The van der Waals surface area contributed by atoms with Gasteiger partial charge in [-0.1, -0.05) is 19.0 Å². The van der Waals surface area contributed by atoms with Gasteiger partial charge in [0, 0.05) is 26.1 Å². The Hall–Kier alpha value is -0.860. The maximum atomic E-state index is 5.12. The highest BCUT2D eigenvalue weighted by Crippen LogP contribution is 2.32. The van der Waals surface area contributed by atoms with Crippen molar-refractivity contribution in [2.45, 2.75) is 47.0 Å². The Balaban J connectivity index is 0.00000242. The summed E-state index contributed by atoms with van der Waals surface area (Å²) >= 11 is 0. The predicted molar refractivity (Wildman–Crippen MR) is 98.7 cm³/mol. The molecule has 1 N–H and O–H groups in total. The second-order valence-corrected chi connectivity index (χ2v) is 6.06. The van der Waals surface area contributed by atoms with Gasteiger partial charge in [-0.05, 0) is 32.1 Å². The Morgan fingerprint density at radius 3 is 2.77 bits per heavy atom. The number of aromatic nitrogens is 2. The zero-order valence-electron chi connectivity index (χ0n) is 14.1. The standard InChI is InChI=1S/C15H27N5O.HI/c1-5-15(4)8-10-20(11-15)14(16-6-2)17-9-7-13-18-12(3)19-21-13;/h5-11H2,1-4H3,(H,16,17);1H. The summed E-state index contributed by atoms with van der Waals surface area (Å²) in [5.41, 5.74) is 0.416. The van der Waals surface area contributed by atoms with Gasteiger partial charge in [-0.3, -0.25) is 4.99 Å². The molecule has 22 heavy (non-hydrogen) atoms. The summed E-state index contributed by atoms with van der Waals surface area (Å²) in [6, 6.07) is 0. The lowest BCUT2D eigenvalue weighted by atomic mass is 9.87. The van der Waals surface area contributed by atoms with Crippen molar-refractivity contribution in [2.24, 2.45) is 10.4 Å². The second-order valence-electron chi connectivity index (χ2n) is 6.06. The van der Waals surface area contributed by atoms with Crippen LogP contribution in [0.15, 0.2) is 9.52 Å². The Kier molecular flexibility index (Phi) is 7.58. The molecule has 2 heterocycles. The van der Waals surface area contributed by atoms with Gasteiger partial charge < -0.3 is 14.7 Å². The van der Waals surface area contributed by atoms with Gasteiger partial charge >= 0.3 is 0 Å². The Morgan fingerprint density at radius 2 is 2.23 bits per heavy atom. The SMILES string of the molecule is CCNC(=NCCc1nc(C)no1)N1CCC(C)(CC)C1.I. The second kappa shape index (κ2) is 8.69. The van der Waals surface area contributed by atoms with E-state index in [0.29, 0.717) is 30.1 Å². The van der Waals surface area contributed by atoms with Crippen LogP contribution in [0.1, 0.15) is 45.3 Å². The summed E-state index contributed by atoms with van der Waals surface area (Å²) < 4.78 is 5.12. The summed E-state index contributed by atoms with van der Waals surface area (Å²) in [4.78, 5) is 11.3. The first kappa shape index (κ1) is 19.2. The molecule has 6 nitrogen and oxygen atoms in total. The number of nitrogens with one attached hydrogen (secondary N) is 1. The Labute approximate surface area is 150 Å². The van der Waals surface area contributed by atoms with E-state index in [4.69, 9.17) is 9.52 Å². The first-order chi connectivity index (χ1) is 10.1. The average molecular weight is 421 g/mol. The van der Waals surface area contributed by atoms with Crippen molar-refractivity contribution in [3.8, 4) is 0 Å². The van der Waals surface area contributed by atoms with Gasteiger partial charge in [0.1, 0.15) is 0 Å². The highest BCUT2D eigenvalue weighted by atomic mass is 127. The highest BCUT2D eigenvalue weighted by molar-refractivity contribution is 14.0. The molecule has 1 saturated heterocycles. The van der Waals surface area contributed by atoms with Crippen LogP contribution in [0.4, 0.5) is 0 Å². The van der Waals surface area contributed by atoms with E-state index in [-0.39, 0.29) is 24.0 Å². The molecular weight excluding hydrogens is 393 g/mol. The molecule has 1 aromatic heterocycles. The molecular formula is C15H28IN5O. The van der Waals surface area contributed by atoms with Gasteiger partial charge in [0.2, 0.25) is 5.89 Å². The van der Waals surface area contributed by atoms with Crippen LogP contribution in [0.3, 0.4) is 0 Å². The van der Waals surface area contributed by atoms with Crippen molar-refractivity contribution in [1.29, 1.82) is 0 Å². The zero-order valence-corrected chi connectivity index (χ0v) is 16.4. The van der Waals surface area contributed by atoms with Crippen molar-refractivity contribution in [3.05, 3.63) is 11.7 Å². The predicted octanol–water partition coefficient (Wildman–Crippen LogP) is 2.63. The lowest BCUT2D eigenvalue weighted by Gasteiger charge is -2.25. The third kappa shape index (κ3) is 5.10. The Bertz CT molecular complexity index is 490. The number of rotatable bonds is 5. The molecule has 0 aliphatic carbocycles. The topological polar surface area (TPSA) is 66.5 Å². The van der Waals surface area contributed by atoms with E-state index in [1.54, 1.807) is 0 Å². The molecule has 1 unspecified atom stereocenters. The monoisotopic (exact) mass is 421 g/mol. The quantitative estimate of drug-likeness (QED) is 0.450. The summed E-state index contributed by atoms with van der Waals surface area (Å²) in [7, 11) is 0. The molecule has 1 aliphatic heterocycles. The largest absolute Gasteiger partial charge is 0.357 e. The summed E-state index contributed by atoms with van der Waals surface area (Å²) in [5.74, 6) is 2.34. The fourth-order valence-electron chi connectivity index (χ4n) is 2.62. The van der Waals surface area contributed by atoms with Crippen LogP contribution in [0.5, 0.6) is 0 Å². The number of aliphatic imine (C=N–C) groups is 1. The Morgan fingerprint density at radius 1 is 1.45 bits per heavy atom. The molecule has 0 spiro atoms. The van der Waals surface area contributed by atoms with Crippen LogP contribution in [0.25, 0.3) is 0 Å². The van der Waals surface area contributed by atoms with Crippen LogP contribution in [0.2, 0.25) is 0 Å². The van der Waals surface area contributed by atoms with E-state index in [2.05, 4.69) is 41.1 Å². The smallest absolute Gasteiger partial charge is 0.228 e. The molecule has 0 bridgehead atoms. The van der Waals surface area contributed by atoms with E-state index in [9.17, 15) is 0 Å². The minimum Gasteiger partial charge on any atom is -0.357 e. The van der Waals surface area contributed by atoms with Gasteiger partial charge in [0.25, 0.3) is 0 Å². The fraction of sp³-hybridized carbons (Fsp3) is 0.800. The molecule has 126 valence electrons. The van der Waals surface area contributed by atoms with Crippen molar-refractivity contribution in [2.75, 3.05) is 26.2 Å². The number of halogens is 1. The van der Waals surface area contributed by atoms with Crippen molar-refractivity contribution >= 4 is 29.9 Å². The van der Waals surface area contributed by atoms with Crippen molar-refractivity contribution in [3.63, 3.8) is 0 Å². The minimum atomic E-state index is 0. The van der Waals surface area contributed by atoms with Crippen LogP contribution in [0, 0.1) is 12.3 Å². The first-order valence-electron chi connectivity index (χ1n) is 7.89. The molecule has 2 rings (SSSR count). The fourth-order valence-corrected chi connectivity index (χ4v) is 2.62. The van der Waals surface area contributed by atoms with Gasteiger partial charge in [0.05, 0.1) is 6.54 Å². The van der Waals surface area contributed by atoms with Crippen LogP contribution in [-0.2, 0) is 6.42 Å². The van der Waals surface area contributed by atoms with Crippen LogP contribution < -0.4 is 5.32 Å². The molecule has 0 saturated carbocycles. The van der Waals surface area contributed by atoms with E-state index in [0.717, 1.165) is 25.6 Å². The lowest BCUT2D eigenvalue weighted by molar-refractivity contribution is 0.322. The normalized spacial score (nSPS) is 21.8. The molecule has 7 heteroatoms. The van der Waals surface area contributed by atoms with Gasteiger partial charge in [-0.25, -0.2) is 0 Å². The summed E-state index contributed by atoms with van der Waals surface area (Å²) in [6.07, 6.45) is 3.13. The molecule has 0 amide bonds. The molecule has 0 radical (unpaired) electrons. The third-order valence-electron chi connectivity index (χ3n) is 4.20. The zero-order chi connectivity index (χ0) is 15.3. The average Bonchev–Trinajstić information content (AvgIpc) is 3.05. The van der Waals surface area contributed by atoms with E-state index in [1.807, 2.05) is 6.92 Å². The third-order valence-corrected chi connectivity index (χ3v) is 4.20. The van der Waals surface area contributed by atoms with Gasteiger partial charge in [-0.2, -0.15) is 4.98 Å². The highest BCUT2D eigenvalue weighted by Gasteiger charge is 2.33. The molecule has 1 aliphatic rings.